The van der Waals surface area contributed by atoms with Crippen LogP contribution in [0.5, 0.6) is 0 Å². The Balaban J connectivity index is 2.58. The van der Waals surface area contributed by atoms with E-state index in [-0.39, 0.29) is 17.9 Å². The molecular weight excluding hydrogens is 246 g/mol. The van der Waals surface area contributed by atoms with Crippen molar-refractivity contribution in [2.24, 2.45) is 0 Å². The molecular formula is C9H13N3O4S. The Bertz CT molecular complexity index is 501. The van der Waals surface area contributed by atoms with Gasteiger partial charge in [-0.2, -0.15) is 0 Å². The summed E-state index contributed by atoms with van der Waals surface area (Å²) in [5.41, 5.74) is 0.0963. The zero-order valence-corrected chi connectivity index (χ0v) is 9.99. The summed E-state index contributed by atoms with van der Waals surface area (Å²) in [6.07, 6.45) is 1.35. The Morgan fingerprint density at radius 2 is 2.24 bits per heavy atom. The van der Waals surface area contributed by atoms with Gasteiger partial charge in [0.1, 0.15) is 5.82 Å². The van der Waals surface area contributed by atoms with E-state index in [1.165, 1.54) is 25.4 Å². The summed E-state index contributed by atoms with van der Waals surface area (Å²) < 4.78 is 24.4. The summed E-state index contributed by atoms with van der Waals surface area (Å²) in [5.74, 6) is -0.836. The number of nitrogens with zero attached hydrogens (tertiary/aromatic N) is 1. The molecule has 1 aromatic heterocycles. The van der Waals surface area contributed by atoms with Gasteiger partial charge in [-0.05, 0) is 19.2 Å². The molecule has 0 bridgehead atoms. The van der Waals surface area contributed by atoms with Crippen LogP contribution in [-0.4, -0.2) is 43.8 Å². The Labute approximate surface area is 98.9 Å². The molecule has 0 atom stereocenters. The van der Waals surface area contributed by atoms with Crippen LogP contribution < -0.4 is 10.0 Å². The number of rotatable bonds is 6. The molecule has 0 aliphatic heterocycles. The van der Waals surface area contributed by atoms with Gasteiger partial charge in [-0.1, -0.05) is 0 Å². The number of pyridine rings is 1. The van der Waals surface area contributed by atoms with E-state index < -0.39 is 16.0 Å². The maximum Gasteiger partial charge on any atom is 0.335 e. The summed E-state index contributed by atoms with van der Waals surface area (Å²) in [4.78, 5) is 14.5. The van der Waals surface area contributed by atoms with Crippen molar-refractivity contribution < 1.29 is 18.3 Å². The molecule has 0 unspecified atom stereocenters. The standard InChI is InChI=1S/C9H13N3O4S/c1-10-17(15,16)5-4-12-8-6-7(9(13)14)2-3-11-8/h2-3,6,10H,4-5H2,1H3,(H,11,12)(H,13,14). The minimum Gasteiger partial charge on any atom is -0.478 e. The fourth-order valence-electron chi connectivity index (χ4n) is 1.08. The average Bonchev–Trinajstić information content (AvgIpc) is 2.29. The van der Waals surface area contributed by atoms with Crippen molar-refractivity contribution in [1.29, 1.82) is 0 Å². The van der Waals surface area contributed by atoms with Crippen LogP contribution in [-0.2, 0) is 10.0 Å². The van der Waals surface area contributed by atoms with Crippen LogP contribution in [0.2, 0.25) is 0 Å². The van der Waals surface area contributed by atoms with Gasteiger partial charge in [-0.3, -0.25) is 0 Å². The van der Waals surface area contributed by atoms with Crippen molar-refractivity contribution in [1.82, 2.24) is 9.71 Å². The highest BCUT2D eigenvalue weighted by molar-refractivity contribution is 7.89. The molecule has 0 fully saturated rings. The number of anilines is 1. The fourth-order valence-corrected chi connectivity index (χ4v) is 1.65. The van der Waals surface area contributed by atoms with Crippen molar-refractivity contribution in [3.05, 3.63) is 23.9 Å². The highest BCUT2D eigenvalue weighted by atomic mass is 32.2. The third-order valence-electron chi connectivity index (χ3n) is 1.99. The van der Waals surface area contributed by atoms with Crippen molar-refractivity contribution in [3.63, 3.8) is 0 Å². The molecule has 0 amide bonds. The Kier molecular flexibility index (Phi) is 4.41. The van der Waals surface area contributed by atoms with Crippen molar-refractivity contribution >= 4 is 21.8 Å². The van der Waals surface area contributed by atoms with Gasteiger partial charge in [0.05, 0.1) is 11.3 Å². The topological polar surface area (TPSA) is 108 Å². The van der Waals surface area contributed by atoms with Crippen LogP contribution in [0.25, 0.3) is 0 Å². The summed E-state index contributed by atoms with van der Waals surface area (Å²) in [6.45, 7) is 0.152. The van der Waals surface area contributed by atoms with Crippen LogP contribution >= 0.6 is 0 Å². The monoisotopic (exact) mass is 259 g/mol. The maximum absolute atomic E-state index is 11.1. The predicted octanol–water partition coefficient (Wildman–Crippen LogP) is -0.259. The summed E-state index contributed by atoms with van der Waals surface area (Å²) >= 11 is 0. The third kappa shape index (κ3) is 4.37. The summed E-state index contributed by atoms with van der Waals surface area (Å²) in [5, 5.41) is 11.5. The van der Waals surface area contributed by atoms with Crippen LogP contribution in [0.1, 0.15) is 10.4 Å². The van der Waals surface area contributed by atoms with E-state index in [0.717, 1.165) is 0 Å². The molecule has 94 valence electrons. The molecule has 0 spiro atoms. The highest BCUT2D eigenvalue weighted by Crippen LogP contribution is 2.06. The summed E-state index contributed by atoms with van der Waals surface area (Å²) in [7, 11) is -1.94. The second-order valence-electron chi connectivity index (χ2n) is 3.18. The van der Waals surface area contributed by atoms with Crippen molar-refractivity contribution in [2.45, 2.75) is 0 Å². The van der Waals surface area contributed by atoms with E-state index in [0.29, 0.717) is 5.82 Å². The Morgan fingerprint density at radius 1 is 1.53 bits per heavy atom. The van der Waals surface area contributed by atoms with Gasteiger partial charge in [0.15, 0.2) is 0 Å². The van der Waals surface area contributed by atoms with E-state index in [1.807, 2.05) is 0 Å². The zero-order chi connectivity index (χ0) is 12.9. The van der Waals surface area contributed by atoms with Gasteiger partial charge in [0.2, 0.25) is 10.0 Å². The lowest BCUT2D eigenvalue weighted by Crippen LogP contribution is -2.26. The molecule has 1 rings (SSSR count). The molecule has 7 nitrogen and oxygen atoms in total. The maximum atomic E-state index is 11.1. The molecule has 8 heteroatoms. The Hall–Kier alpha value is -1.67. The van der Waals surface area contributed by atoms with E-state index in [9.17, 15) is 13.2 Å². The van der Waals surface area contributed by atoms with Crippen LogP contribution in [0.15, 0.2) is 18.3 Å². The molecule has 0 radical (unpaired) electrons. The van der Waals surface area contributed by atoms with Gasteiger partial charge in [0.25, 0.3) is 0 Å². The normalized spacial score (nSPS) is 11.1. The first-order valence-corrected chi connectivity index (χ1v) is 6.44. The van der Waals surface area contributed by atoms with E-state index in [1.54, 1.807) is 0 Å². The molecule has 0 aliphatic carbocycles. The summed E-state index contributed by atoms with van der Waals surface area (Å²) in [6, 6.07) is 2.70. The lowest BCUT2D eigenvalue weighted by Gasteiger charge is -2.06. The minimum absolute atomic E-state index is 0.0963. The number of aromatic carboxylic acids is 1. The van der Waals surface area contributed by atoms with E-state index >= 15 is 0 Å². The predicted molar refractivity (Wildman–Crippen MR) is 62.5 cm³/mol. The van der Waals surface area contributed by atoms with Gasteiger partial charge in [0, 0.05) is 12.7 Å². The molecule has 0 saturated heterocycles. The number of carboxylic acids is 1. The molecule has 0 aromatic carbocycles. The number of sulfonamides is 1. The number of aromatic nitrogens is 1. The molecule has 0 aliphatic rings. The first-order chi connectivity index (χ1) is 7.94. The molecule has 3 N–H and O–H groups in total. The van der Waals surface area contributed by atoms with Gasteiger partial charge in [-0.25, -0.2) is 22.9 Å². The fraction of sp³-hybridized carbons (Fsp3) is 0.333. The molecule has 1 heterocycles. The third-order valence-corrected chi connectivity index (χ3v) is 3.36. The smallest absolute Gasteiger partial charge is 0.335 e. The van der Waals surface area contributed by atoms with E-state index in [4.69, 9.17) is 5.11 Å². The van der Waals surface area contributed by atoms with Crippen molar-refractivity contribution in [2.75, 3.05) is 24.7 Å². The molecule has 1 aromatic rings. The van der Waals surface area contributed by atoms with E-state index in [2.05, 4.69) is 15.0 Å². The number of nitrogens with one attached hydrogen (secondary N) is 2. The number of carboxylic acid groups (broad SMARTS) is 1. The molecule has 0 saturated carbocycles. The SMILES string of the molecule is CNS(=O)(=O)CCNc1cc(C(=O)O)ccn1. The highest BCUT2D eigenvalue weighted by Gasteiger charge is 2.07. The average molecular weight is 259 g/mol. The number of carbonyl (C=O) groups is 1. The van der Waals surface area contributed by atoms with Crippen LogP contribution in [0, 0.1) is 0 Å². The minimum atomic E-state index is -3.27. The second-order valence-corrected chi connectivity index (χ2v) is 5.23. The Morgan fingerprint density at radius 3 is 2.82 bits per heavy atom. The molecule has 17 heavy (non-hydrogen) atoms. The number of hydrogen-bond acceptors (Lipinski definition) is 5. The van der Waals surface area contributed by atoms with Gasteiger partial charge in [-0.15, -0.1) is 0 Å². The van der Waals surface area contributed by atoms with Gasteiger partial charge < -0.3 is 10.4 Å². The first-order valence-electron chi connectivity index (χ1n) is 4.79. The largest absolute Gasteiger partial charge is 0.478 e. The van der Waals surface area contributed by atoms with Gasteiger partial charge >= 0.3 is 5.97 Å². The van der Waals surface area contributed by atoms with Crippen LogP contribution in [0.3, 0.4) is 0 Å². The second kappa shape index (κ2) is 5.60. The zero-order valence-electron chi connectivity index (χ0n) is 9.17. The lowest BCUT2D eigenvalue weighted by atomic mass is 10.2. The van der Waals surface area contributed by atoms with Crippen molar-refractivity contribution in [3.8, 4) is 0 Å². The quantitative estimate of drug-likeness (QED) is 0.649. The lowest BCUT2D eigenvalue weighted by molar-refractivity contribution is 0.0697. The van der Waals surface area contributed by atoms with Crippen LogP contribution in [0.4, 0.5) is 5.82 Å². The number of hydrogen-bond donors (Lipinski definition) is 3. The first kappa shape index (κ1) is 13.4.